The third-order valence-corrected chi connectivity index (χ3v) is 5.76. The Kier molecular flexibility index (Phi) is 5.41. The van der Waals surface area contributed by atoms with Crippen LogP contribution >= 0.6 is 0 Å². The molecule has 32 heavy (non-hydrogen) atoms. The Morgan fingerprint density at radius 3 is 2.47 bits per heavy atom. The molecule has 162 valence electrons. The minimum Gasteiger partial charge on any atom is -0.497 e. The van der Waals surface area contributed by atoms with Gasteiger partial charge in [0.2, 0.25) is 5.91 Å². The first-order valence-corrected chi connectivity index (χ1v) is 10.6. The Labute approximate surface area is 185 Å². The zero-order valence-corrected chi connectivity index (χ0v) is 17.8. The van der Waals surface area contributed by atoms with Crippen molar-refractivity contribution >= 4 is 22.7 Å². The van der Waals surface area contributed by atoms with Gasteiger partial charge in [0.15, 0.2) is 11.4 Å². The molecule has 0 unspecified atom stereocenters. The molecule has 1 aliphatic rings. The number of rotatable bonds is 5. The number of carbonyl (C=O) groups excluding carboxylic acids is 1. The van der Waals surface area contributed by atoms with E-state index >= 15 is 0 Å². The van der Waals surface area contributed by atoms with Gasteiger partial charge < -0.3 is 19.1 Å². The van der Waals surface area contributed by atoms with Crippen molar-refractivity contribution < 1.29 is 14.1 Å². The summed E-state index contributed by atoms with van der Waals surface area (Å²) in [4.78, 5) is 16.8. The molecule has 1 fully saturated rings. The number of hydrogen-bond acceptors (Lipinski definition) is 7. The molecule has 0 aliphatic carbocycles. The van der Waals surface area contributed by atoms with Crippen LogP contribution in [0.25, 0.3) is 22.2 Å². The molecule has 8 heteroatoms. The fourth-order valence-electron chi connectivity index (χ4n) is 3.92. The van der Waals surface area contributed by atoms with E-state index in [9.17, 15) is 4.79 Å². The van der Waals surface area contributed by atoms with E-state index in [0.29, 0.717) is 37.5 Å². The van der Waals surface area contributed by atoms with Gasteiger partial charge in [-0.2, -0.15) is 0 Å². The van der Waals surface area contributed by atoms with E-state index in [1.54, 1.807) is 7.11 Å². The van der Waals surface area contributed by atoms with Gasteiger partial charge in [0.25, 0.3) is 0 Å². The molecule has 2 aromatic heterocycles. The second-order valence-corrected chi connectivity index (χ2v) is 7.68. The SMILES string of the molecule is COc1ccc(-c2ccc(N3CCN(C(=O)Cc4noc5ccccc45)CC3)nn2)cc1. The van der Waals surface area contributed by atoms with E-state index in [2.05, 4.69) is 20.3 Å². The molecule has 0 radical (unpaired) electrons. The Bertz CT molecular complexity index is 1210. The second-order valence-electron chi connectivity index (χ2n) is 7.68. The molecule has 5 rings (SSSR count). The maximum Gasteiger partial charge on any atom is 0.228 e. The van der Waals surface area contributed by atoms with Gasteiger partial charge in [0.1, 0.15) is 11.4 Å². The first-order valence-electron chi connectivity index (χ1n) is 10.6. The highest BCUT2D eigenvalue weighted by atomic mass is 16.5. The summed E-state index contributed by atoms with van der Waals surface area (Å²) in [5.41, 5.74) is 3.19. The third kappa shape index (κ3) is 3.99. The Balaban J connectivity index is 1.19. The number of methoxy groups -OCH3 is 1. The van der Waals surface area contributed by atoms with E-state index < -0.39 is 0 Å². The molecule has 0 N–H and O–H groups in total. The lowest BCUT2D eigenvalue weighted by Gasteiger charge is -2.35. The van der Waals surface area contributed by atoms with Crippen molar-refractivity contribution in [3.05, 3.63) is 66.4 Å². The number of carbonyl (C=O) groups is 1. The minimum atomic E-state index is 0.0599. The summed E-state index contributed by atoms with van der Waals surface area (Å²) in [6.07, 6.45) is 0.243. The van der Waals surface area contributed by atoms with Crippen molar-refractivity contribution in [3.63, 3.8) is 0 Å². The van der Waals surface area contributed by atoms with Gasteiger partial charge in [0, 0.05) is 37.1 Å². The second kappa shape index (κ2) is 8.66. The molecule has 1 aliphatic heterocycles. The number of ether oxygens (including phenoxy) is 1. The molecule has 0 atom stereocenters. The predicted molar refractivity (Wildman–Crippen MR) is 121 cm³/mol. The number of aromatic nitrogens is 3. The number of benzene rings is 2. The largest absolute Gasteiger partial charge is 0.497 e. The monoisotopic (exact) mass is 429 g/mol. The van der Waals surface area contributed by atoms with Crippen LogP contribution in [-0.4, -0.2) is 59.4 Å². The topological polar surface area (TPSA) is 84.6 Å². The molecular formula is C24H23N5O3. The van der Waals surface area contributed by atoms with Crippen LogP contribution < -0.4 is 9.64 Å². The number of nitrogens with zero attached hydrogens (tertiary/aromatic N) is 5. The van der Waals surface area contributed by atoms with Crippen LogP contribution in [-0.2, 0) is 11.2 Å². The van der Waals surface area contributed by atoms with E-state index in [4.69, 9.17) is 9.26 Å². The number of para-hydroxylation sites is 1. The predicted octanol–water partition coefficient (Wildman–Crippen LogP) is 3.18. The lowest BCUT2D eigenvalue weighted by molar-refractivity contribution is -0.130. The summed E-state index contributed by atoms with van der Waals surface area (Å²) >= 11 is 0. The van der Waals surface area contributed by atoms with Gasteiger partial charge in [-0.05, 0) is 48.5 Å². The summed E-state index contributed by atoms with van der Waals surface area (Å²) in [6.45, 7) is 2.69. The zero-order valence-electron chi connectivity index (χ0n) is 17.8. The average molecular weight is 429 g/mol. The Morgan fingerprint density at radius 1 is 0.969 bits per heavy atom. The van der Waals surface area contributed by atoms with Crippen LogP contribution in [0.1, 0.15) is 5.69 Å². The maximum absolute atomic E-state index is 12.8. The van der Waals surface area contributed by atoms with E-state index in [0.717, 1.165) is 28.2 Å². The normalized spacial score (nSPS) is 14.0. The van der Waals surface area contributed by atoms with Gasteiger partial charge >= 0.3 is 0 Å². The van der Waals surface area contributed by atoms with Crippen molar-refractivity contribution in [3.8, 4) is 17.0 Å². The van der Waals surface area contributed by atoms with Crippen LogP contribution in [0.2, 0.25) is 0 Å². The first-order chi connectivity index (χ1) is 15.7. The number of anilines is 1. The first kappa shape index (κ1) is 20.0. The number of amides is 1. The molecule has 2 aromatic carbocycles. The van der Waals surface area contributed by atoms with Gasteiger partial charge in [-0.25, -0.2) is 0 Å². The zero-order chi connectivity index (χ0) is 21.9. The summed E-state index contributed by atoms with van der Waals surface area (Å²) in [6, 6.07) is 19.3. The van der Waals surface area contributed by atoms with Crippen molar-refractivity contribution in [2.24, 2.45) is 0 Å². The van der Waals surface area contributed by atoms with E-state index in [1.165, 1.54) is 0 Å². The summed E-state index contributed by atoms with van der Waals surface area (Å²) in [7, 11) is 1.65. The molecule has 1 amide bonds. The highest BCUT2D eigenvalue weighted by Crippen LogP contribution is 2.23. The molecular weight excluding hydrogens is 406 g/mol. The fraction of sp³-hybridized carbons (Fsp3) is 0.250. The highest BCUT2D eigenvalue weighted by Gasteiger charge is 2.23. The highest BCUT2D eigenvalue weighted by molar-refractivity contribution is 5.86. The lowest BCUT2D eigenvalue weighted by atomic mass is 10.1. The maximum atomic E-state index is 12.8. The standard InChI is InChI=1S/C24H23N5O3/c1-31-18-8-6-17(7-9-18)20-10-11-23(26-25-20)28-12-14-29(15-13-28)24(30)16-21-19-4-2-3-5-22(19)32-27-21/h2-11H,12-16H2,1H3. The Morgan fingerprint density at radius 2 is 1.75 bits per heavy atom. The fourth-order valence-corrected chi connectivity index (χ4v) is 3.92. The van der Waals surface area contributed by atoms with Gasteiger partial charge in [-0.1, -0.05) is 17.3 Å². The molecule has 0 spiro atoms. The summed E-state index contributed by atoms with van der Waals surface area (Å²) in [5.74, 6) is 1.68. The van der Waals surface area contributed by atoms with E-state index in [1.807, 2.05) is 65.6 Å². The number of piperazine rings is 1. The quantitative estimate of drug-likeness (QED) is 0.482. The molecule has 8 nitrogen and oxygen atoms in total. The van der Waals surface area contributed by atoms with E-state index in [-0.39, 0.29) is 12.3 Å². The van der Waals surface area contributed by atoms with Crippen molar-refractivity contribution in [1.29, 1.82) is 0 Å². The molecule has 0 saturated carbocycles. The minimum absolute atomic E-state index is 0.0599. The molecule has 3 heterocycles. The van der Waals surface area contributed by atoms with Gasteiger partial charge in [-0.3, -0.25) is 4.79 Å². The van der Waals surface area contributed by atoms with Crippen LogP contribution in [0.4, 0.5) is 5.82 Å². The van der Waals surface area contributed by atoms with Crippen LogP contribution in [0.5, 0.6) is 5.75 Å². The van der Waals surface area contributed by atoms with Crippen molar-refractivity contribution in [1.82, 2.24) is 20.3 Å². The smallest absolute Gasteiger partial charge is 0.228 e. The van der Waals surface area contributed by atoms with Gasteiger partial charge in [0.05, 0.1) is 19.2 Å². The lowest BCUT2D eigenvalue weighted by Crippen LogP contribution is -2.49. The molecule has 4 aromatic rings. The van der Waals surface area contributed by atoms with Gasteiger partial charge in [-0.15, -0.1) is 10.2 Å². The van der Waals surface area contributed by atoms with Crippen molar-refractivity contribution in [2.75, 3.05) is 38.2 Å². The van der Waals surface area contributed by atoms with Crippen LogP contribution in [0.3, 0.4) is 0 Å². The van der Waals surface area contributed by atoms with Crippen LogP contribution in [0, 0.1) is 0 Å². The molecule has 1 saturated heterocycles. The number of hydrogen-bond donors (Lipinski definition) is 0. The third-order valence-electron chi connectivity index (χ3n) is 5.76. The number of fused-ring (bicyclic) bond motifs is 1. The average Bonchev–Trinajstić information content (AvgIpc) is 3.27. The molecule has 0 bridgehead atoms. The Hall–Kier alpha value is -3.94. The summed E-state index contributed by atoms with van der Waals surface area (Å²) < 4.78 is 10.5. The van der Waals surface area contributed by atoms with Crippen LogP contribution in [0.15, 0.2) is 65.2 Å². The summed E-state index contributed by atoms with van der Waals surface area (Å²) in [5, 5.41) is 13.8. The van der Waals surface area contributed by atoms with Crippen molar-refractivity contribution in [2.45, 2.75) is 6.42 Å².